The van der Waals surface area contributed by atoms with Gasteiger partial charge in [0.15, 0.2) is 0 Å². The standard InChI is InChI=1S/C25H19ClN2O2.C24H17ClN2O2/c1-17(2)27-22-11-7-6-10-20(22)24(29)28(25(27)30)23-15-14-19(16-21(23)26)13-12-18-8-4-3-5-9-18;1-2-26-21-11-7-6-10-19(21)23(28)27(24(26)29)22-15-14-18(16-20(22)25)13-12-17-8-4-3-5-9-17/h3-11,14-17H,1-2H3;3-11,14-16H,2H2,1H3. The zero-order chi connectivity index (χ0) is 41.6. The third kappa shape index (κ3) is 8.33. The highest BCUT2D eigenvalue weighted by atomic mass is 35.5. The highest BCUT2D eigenvalue weighted by Gasteiger charge is 2.18. The molecule has 0 N–H and O–H groups in total. The van der Waals surface area contributed by atoms with Crippen LogP contribution in [0.3, 0.4) is 0 Å². The van der Waals surface area contributed by atoms with E-state index in [1.807, 2.05) is 93.6 Å². The second-order valence-corrected chi connectivity index (χ2v) is 14.5. The average molecular weight is 816 g/mol. The van der Waals surface area contributed by atoms with E-state index in [-0.39, 0.29) is 11.6 Å². The Bertz CT molecular complexity index is 3250. The molecule has 290 valence electrons. The van der Waals surface area contributed by atoms with E-state index in [1.54, 1.807) is 81.9 Å². The molecule has 0 unspecified atom stereocenters. The van der Waals surface area contributed by atoms with Gasteiger partial charge in [0.2, 0.25) is 0 Å². The zero-order valence-corrected chi connectivity index (χ0v) is 33.8. The van der Waals surface area contributed by atoms with Crippen LogP contribution in [0.25, 0.3) is 33.2 Å². The summed E-state index contributed by atoms with van der Waals surface area (Å²) in [5.74, 6) is 12.3. The summed E-state index contributed by atoms with van der Waals surface area (Å²) in [5.41, 5.74) is 3.49. The van der Waals surface area contributed by atoms with E-state index in [4.69, 9.17) is 23.2 Å². The Balaban J connectivity index is 0.000000179. The molecule has 0 aliphatic rings. The zero-order valence-electron chi connectivity index (χ0n) is 32.3. The maximum Gasteiger partial charge on any atom is 0.336 e. The van der Waals surface area contributed by atoms with Crippen LogP contribution in [0.5, 0.6) is 0 Å². The van der Waals surface area contributed by atoms with Gasteiger partial charge < -0.3 is 0 Å². The third-order valence-electron chi connectivity index (χ3n) is 9.50. The second kappa shape index (κ2) is 17.6. The Morgan fingerprint density at radius 2 is 0.898 bits per heavy atom. The van der Waals surface area contributed by atoms with Gasteiger partial charge in [-0.25, -0.2) is 18.7 Å². The van der Waals surface area contributed by atoms with Crippen molar-refractivity contribution in [2.45, 2.75) is 33.4 Å². The summed E-state index contributed by atoms with van der Waals surface area (Å²) < 4.78 is 5.44. The normalized spacial score (nSPS) is 10.7. The van der Waals surface area contributed by atoms with E-state index in [0.29, 0.717) is 60.9 Å². The molecule has 59 heavy (non-hydrogen) atoms. The molecular weight excluding hydrogens is 779 g/mol. The number of aromatic nitrogens is 4. The molecule has 0 bridgehead atoms. The number of aryl methyl sites for hydroxylation is 1. The summed E-state index contributed by atoms with van der Waals surface area (Å²) in [4.78, 5) is 52.4. The van der Waals surface area contributed by atoms with Crippen molar-refractivity contribution < 1.29 is 0 Å². The largest absolute Gasteiger partial charge is 0.336 e. The van der Waals surface area contributed by atoms with Crippen LogP contribution in [0.2, 0.25) is 10.0 Å². The van der Waals surface area contributed by atoms with Gasteiger partial charge in [0.1, 0.15) is 0 Å². The number of hydrogen-bond donors (Lipinski definition) is 0. The quantitative estimate of drug-likeness (QED) is 0.166. The van der Waals surface area contributed by atoms with Gasteiger partial charge >= 0.3 is 11.4 Å². The van der Waals surface area contributed by atoms with Crippen molar-refractivity contribution in [3.8, 4) is 35.1 Å². The van der Waals surface area contributed by atoms with Gasteiger partial charge in [-0.3, -0.25) is 18.7 Å². The molecule has 8 nitrogen and oxygen atoms in total. The first-order chi connectivity index (χ1) is 28.6. The lowest BCUT2D eigenvalue weighted by atomic mass is 10.1. The molecular formula is C49H36Cl2N4O4. The van der Waals surface area contributed by atoms with E-state index in [9.17, 15) is 19.2 Å². The number of rotatable bonds is 4. The molecule has 0 spiro atoms. The molecule has 10 heteroatoms. The molecule has 2 aromatic heterocycles. The lowest BCUT2D eigenvalue weighted by Gasteiger charge is -2.17. The maximum atomic E-state index is 13.2. The molecule has 8 rings (SSSR count). The molecule has 0 saturated heterocycles. The second-order valence-electron chi connectivity index (χ2n) is 13.7. The topological polar surface area (TPSA) is 88.0 Å². The van der Waals surface area contributed by atoms with Crippen LogP contribution in [-0.2, 0) is 6.54 Å². The fraction of sp³-hybridized carbons (Fsp3) is 0.102. The first kappa shape index (κ1) is 40.1. The van der Waals surface area contributed by atoms with Crippen LogP contribution in [0.4, 0.5) is 0 Å². The van der Waals surface area contributed by atoms with Crippen LogP contribution in [0.15, 0.2) is 165 Å². The number of halogens is 2. The first-order valence-corrected chi connectivity index (χ1v) is 19.6. The van der Waals surface area contributed by atoms with Gasteiger partial charge in [-0.05, 0) is 106 Å². The Kier molecular flexibility index (Phi) is 12.0. The maximum absolute atomic E-state index is 13.2. The van der Waals surface area contributed by atoms with E-state index in [0.717, 1.165) is 20.3 Å². The van der Waals surface area contributed by atoms with Crippen molar-refractivity contribution >= 4 is 45.0 Å². The van der Waals surface area contributed by atoms with Crippen LogP contribution in [0.1, 0.15) is 49.1 Å². The van der Waals surface area contributed by atoms with Gasteiger partial charge in [-0.1, -0.05) is 108 Å². The van der Waals surface area contributed by atoms with E-state index >= 15 is 0 Å². The summed E-state index contributed by atoms with van der Waals surface area (Å²) in [7, 11) is 0. The highest BCUT2D eigenvalue weighted by molar-refractivity contribution is 6.32. The van der Waals surface area contributed by atoms with Gasteiger partial charge in [0.05, 0.1) is 43.2 Å². The summed E-state index contributed by atoms with van der Waals surface area (Å²) in [6, 6.07) is 43.5. The summed E-state index contributed by atoms with van der Waals surface area (Å²) in [5, 5.41) is 1.52. The smallest absolute Gasteiger partial charge is 0.293 e. The van der Waals surface area contributed by atoms with Gasteiger partial charge in [-0.2, -0.15) is 0 Å². The molecule has 0 amide bonds. The van der Waals surface area contributed by atoms with Crippen LogP contribution in [-0.4, -0.2) is 18.3 Å². The molecule has 6 aromatic carbocycles. The van der Waals surface area contributed by atoms with Crippen LogP contribution < -0.4 is 22.5 Å². The molecule has 8 aromatic rings. The van der Waals surface area contributed by atoms with Crippen molar-refractivity contribution in [1.82, 2.24) is 18.3 Å². The minimum atomic E-state index is -0.418. The van der Waals surface area contributed by atoms with Crippen LogP contribution in [0, 0.1) is 23.7 Å². The molecule has 0 aliphatic carbocycles. The van der Waals surface area contributed by atoms with Crippen molar-refractivity contribution in [2.75, 3.05) is 0 Å². The van der Waals surface area contributed by atoms with Gasteiger partial charge in [-0.15, -0.1) is 0 Å². The van der Waals surface area contributed by atoms with Crippen molar-refractivity contribution in [3.63, 3.8) is 0 Å². The fourth-order valence-electron chi connectivity index (χ4n) is 6.70. The molecule has 0 saturated carbocycles. The minimum Gasteiger partial charge on any atom is -0.293 e. The fourth-order valence-corrected chi connectivity index (χ4v) is 7.23. The molecule has 0 fully saturated rings. The molecule has 0 radical (unpaired) electrons. The lowest BCUT2D eigenvalue weighted by molar-refractivity contribution is 0.570. The van der Waals surface area contributed by atoms with Crippen LogP contribution >= 0.6 is 23.2 Å². The number of nitrogens with zero attached hydrogens (tertiary/aromatic N) is 4. The Morgan fingerprint density at radius 1 is 0.492 bits per heavy atom. The first-order valence-electron chi connectivity index (χ1n) is 18.8. The lowest BCUT2D eigenvalue weighted by Crippen LogP contribution is -2.39. The highest BCUT2D eigenvalue weighted by Crippen LogP contribution is 2.23. The van der Waals surface area contributed by atoms with Crippen molar-refractivity contribution in [3.05, 3.63) is 220 Å². The Morgan fingerprint density at radius 3 is 1.36 bits per heavy atom. The minimum absolute atomic E-state index is 0.121. The molecule has 0 atom stereocenters. The predicted octanol–water partition coefficient (Wildman–Crippen LogP) is 9.01. The number of hydrogen-bond acceptors (Lipinski definition) is 4. The average Bonchev–Trinajstić information content (AvgIpc) is 3.24. The number of para-hydroxylation sites is 2. The van der Waals surface area contributed by atoms with Crippen molar-refractivity contribution in [1.29, 1.82) is 0 Å². The van der Waals surface area contributed by atoms with Crippen molar-refractivity contribution in [2.24, 2.45) is 0 Å². The Hall–Kier alpha value is -7.10. The molecule has 0 aliphatic heterocycles. The van der Waals surface area contributed by atoms with Gasteiger partial charge in [0, 0.05) is 34.8 Å². The van der Waals surface area contributed by atoms with E-state index in [1.165, 1.54) is 0 Å². The SMILES string of the molecule is CC(C)n1c(=O)n(-c2ccc(C#Cc3ccccc3)cc2Cl)c(=O)c2ccccc21.CCn1c(=O)n(-c2ccc(C#Cc3ccccc3)cc2Cl)c(=O)c2ccccc21. The third-order valence-corrected chi connectivity index (χ3v) is 10.1. The predicted molar refractivity (Wildman–Crippen MR) is 239 cm³/mol. The van der Waals surface area contributed by atoms with Gasteiger partial charge in [0.25, 0.3) is 11.1 Å². The number of benzene rings is 6. The number of fused-ring (bicyclic) bond motifs is 2. The monoisotopic (exact) mass is 814 g/mol. The van der Waals surface area contributed by atoms with E-state index < -0.39 is 16.9 Å². The summed E-state index contributed by atoms with van der Waals surface area (Å²) in [6.07, 6.45) is 0. The summed E-state index contributed by atoms with van der Waals surface area (Å²) >= 11 is 13.0. The summed E-state index contributed by atoms with van der Waals surface area (Å²) in [6.45, 7) is 6.13. The van der Waals surface area contributed by atoms with E-state index in [2.05, 4.69) is 23.7 Å². The Labute approximate surface area is 349 Å². The molecule has 2 heterocycles.